The molecule has 1 aliphatic rings. The van der Waals surface area contributed by atoms with E-state index in [1.807, 2.05) is 61.9 Å². The second kappa shape index (κ2) is 6.28. The lowest BCUT2D eigenvalue weighted by molar-refractivity contribution is 0.270. The second-order valence-corrected chi connectivity index (χ2v) is 7.07. The zero-order valence-corrected chi connectivity index (χ0v) is 15.1. The Labute approximate surface area is 156 Å². The standard InChI is InChI=1S/C22H19FN4/c1-26-13-19-17(7-3-9-20(19)25-26)18-8-2-5-16(22(18)23)12-27-11-15-6-4-10-24-21(15)14-27/h2-10,13H,11-12,14H2,1H3. The third kappa shape index (κ3) is 2.80. The lowest BCUT2D eigenvalue weighted by Crippen LogP contribution is -2.16. The van der Waals surface area contributed by atoms with Crippen molar-refractivity contribution in [2.75, 3.05) is 0 Å². The first-order valence-corrected chi connectivity index (χ1v) is 9.04. The molecule has 4 aromatic rings. The Morgan fingerprint density at radius 1 is 1.00 bits per heavy atom. The van der Waals surface area contributed by atoms with Crippen molar-refractivity contribution in [1.82, 2.24) is 19.7 Å². The minimum atomic E-state index is -0.155. The summed E-state index contributed by atoms with van der Waals surface area (Å²) < 4.78 is 17.2. The number of hydrogen-bond donors (Lipinski definition) is 0. The molecule has 5 rings (SSSR count). The van der Waals surface area contributed by atoms with Crippen LogP contribution < -0.4 is 0 Å². The van der Waals surface area contributed by atoms with Gasteiger partial charge in [-0.1, -0.05) is 36.4 Å². The van der Waals surface area contributed by atoms with Gasteiger partial charge in [-0.05, 0) is 23.3 Å². The van der Waals surface area contributed by atoms with Crippen molar-refractivity contribution in [2.24, 2.45) is 7.05 Å². The van der Waals surface area contributed by atoms with Crippen LogP contribution in [0.1, 0.15) is 16.8 Å². The van der Waals surface area contributed by atoms with Gasteiger partial charge < -0.3 is 0 Å². The van der Waals surface area contributed by atoms with Gasteiger partial charge >= 0.3 is 0 Å². The maximum Gasteiger partial charge on any atom is 0.135 e. The van der Waals surface area contributed by atoms with Crippen LogP contribution in [-0.2, 0) is 26.7 Å². The maximum absolute atomic E-state index is 15.4. The Bertz CT molecular complexity index is 1120. The lowest BCUT2D eigenvalue weighted by Gasteiger charge is -2.16. The number of hydrogen-bond acceptors (Lipinski definition) is 3. The van der Waals surface area contributed by atoms with Gasteiger partial charge in [-0.15, -0.1) is 0 Å². The first kappa shape index (κ1) is 16.1. The summed E-state index contributed by atoms with van der Waals surface area (Å²) in [6, 6.07) is 15.6. The van der Waals surface area contributed by atoms with Crippen LogP contribution in [0.4, 0.5) is 4.39 Å². The molecule has 0 radical (unpaired) electrons. The molecule has 27 heavy (non-hydrogen) atoms. The number of rotatable bonds is 3. The molecule has 0 saturated heterocycles. The summed E-state index contributed by atoms with van der Waals surface area (Å²) in [7, 11) is 1.88. The fraction of sp³-hybridized carbons (Fsp3) is 0.182. The first-order chi connectivity index (χ1) is 13.2. The summed E-state index contributed by atoms with van der Waals surface area (Å²) in [5, 5.41) is 5.40. The highest BCUT2D eigenvalue weighted by Gasteiger charge is 2.21. The Morgan fingerprint density at radius 3 is 2.74 bits per heavy atom. The third-order valence-corrected chi connectivity index (χ3v) is 5.18. The van der Waals surface area contributed by atoms with Crippen LogP contribution in [0.3, 0.4) is 0 Å². The van der Waals surface area contributed by atoms with E-state index in [9.17, 15) is 0 Å². The third-order valence-electron chi connectivity index (χ3n) is 5.18. The summed E-state index contributed by atoms with van der Waals surface area (Å²) >= 11 is 0. The Balaban J connectivity index is 1.50. The van der Waals surface area contributed by atoms with E-state index < -0.39 is 0 Å². The topological polar surface area (TPSA) is 34.0 Å². The van der Waals surface area contributed by atoms with Crippen molar-refractivity contribution in [1.29, 1.82) is 0 Å². The molecule has 0 spiro atoms. The minimum absolute atomic E-state index is 0.155. The highest BCUT2D eigenvalue weighted by molar-refractivity contribution is 5.94. The predicted molar refractivity (Wildman–Crippen MR) is 103 cm³/mol. The number of aromatic nitrogens is 3. The zero-order chi connectivity index (χ0) is 18.4. The molecule has 1 aliphatic heterocycles. The summed E-state index contributed by atoms with van der Waals surface area (Å²) in [5.41, 5.74) is 5.41. The van der Waals surface area contributed by atoms with Crippen molar-refractivity contribution >= 4 is 10.9 Å². The van der Waals surface area contributed by atoms with E-state index in [1.165, 1.54) is 5.56 Å². The van der Waals surface area contributed by atoms with E-state index in [-0.39, 0.29) is 5.82 Å². The number of nitrogens with zero attached hydrogens (tertiary/aromatic N) is 4. The molecular weight excluding hydrogens is 339 g/mol. The molecule has 5 heteroatoms. The van der Waals surface area contributed by atoms with Gasteiger partial charge in [0.2, 0.25) is 0 Å². The van der Waals surface area contributed by atoms with Gasteiger partial charge in [-0.25, -0.2) is 4.39 Å². The summed E-state index contributed by atoms with van der Waals surface area (Å²) in [6.45, 7) is 2.14. The van der Waals surface area contributed by atoms with Crippen LogP contribution in [0.2, 0.25) is 0 Å². The van der Waals surface area contributed by atoms with Gasteiger partial charge in [0.15, 0.2) is 0 Å². The molecule has 0 atom stereocenters. The fourth-order valence-electron chi connectivity index (χ4n) is 3.93. The van der Waals surface area contributed by atoms with E-state index in [2.05, 4.69) is 21.0 Å². The molecule has 2 aromatic carbocycles. The highest BCUT2D eigenvalue weighted by atomic mass is 19.1. The molecule has 0 amide bonds. The average molecular weight is 358 g/mol. The number of benzene rings is 2. The number of pyridine rings is 1. The lowest BCUT2D eigenvalue weighted by atomic mass is 9.99. The van der Waals surface area contributed by atoms with Crippen LogP contribution >= 0.6 is 0 Å². The SMILES string of the molecule is Cn1cc2c(-c3cccc(CN4Cc5cccnc5C4)c3F)cccc2n1. The van der Waals surface area contributed by atoms with Crippen molar-refractivity contribution in [3.63, 3.8) is 0 Å². The monoisotopic (exact) mass is 358 g/mol. The van der Waals surface area contributed by atoms with Gasteiger partial charge in [0.05, 0.1) is 11.2 Å². The van der Waals surface area contributed by atoms with E-state index >= 15 is 4.39 Å². The fourth-order valence-corrected chi connectivity index (χ4v) is 3.93. The normalized spacial score (nSPS) is 14.0. The minimum Gasteiger partial charge on any atom is -0.289 e. The predicted octanol–water partition coefficient (Wildman–Crippen LogP) is 4.29. The quantitative estimate of drug-likeness (QED) is 0.548. The average Bonchev–Trinajstić information content (AvgIpc) is 3.25. The molecule has 4 nitrogen and oxygen atoms in total. The molecule has 134 valence electrons. The summed E-state index contributed by atoms with van der Waals surface area (Å²) in [6.07, 6.45) is 3.76. The largest absolute Gasteiger partial charge is 0.289 e. The molecule has 0 saturated carbocycles. The number of aryl methyl sites for hydroxylation is 1. The molecule has 0 unspecified atom stereocenters. The van der Waals surface area contributed by atoms with Crippen LogP contribution in [0, 0.1) is 5.82 Å². The van der Waals surface area contributed by atoms with Gasteiger partial charge in [-0.2, -0.15) is 5.10 Å². The zero-order valence-electron chi connectivity index (χ0n) is 15.1. The van der Waals surface area contributed by atoms with E-state index in [4.69, 9.17) is 0 Å². The molecule has 3 heterocycles. The van der Waals surface area contributed by atoms with Crippen LogP contribution in [0.25, 0.3) is 22.0 Å². The van der Waals surface area contributed by atoms with Gasteiger partial charge in [0.1, 0.15) is 5.82 Å². The van der Waals surface area contributed by atoms with Crippen LogP contribution in [-0.4, -0.2) is 19.7 Å². The maximum atomic E-state index is 15.4. The smallest absolute Gasteiger partial charge is 0.135 e. The van der Waals surface area contributed by atoms with E-state index in [0.717, 1.165) is 35.2 Å². The Kier molecular flexibility index (Phi) is 3.76. The Hall–Kier alpha value is -3.05. The van der Waals surface area contributed by atoms with Crippen molar-refractivity contribution in [3.8, 4) is 11.1 Å². The van der Waals surface area contributed by atoms with Gasteiger partial charge in [0, 0.05) is 55.6 Å². The molecule has 0 N–H and O–H groups in total. The van der Waals surface area contributed by atoms with Crippen molar-refractivity contribution in [3.05, 3.63) is 83.6 Å². The number of fused-ring (bicyclic) bond motifs is 2. The van der Waals surface area contributed by atoms with Crippen molar-refractivity contribution in [2.45, 2.75) is 19.6 Å². The first-order valence-electron chi connectivity index (χ1n) is 9.04. The van der Waals surface area contributed by atoms with Crippen molar-refractivity contribution < 1.29 is 4.39 Å². The summed E-state index contributed by atoms with van der Waals surface area (Å²) in [5.74, 6) is -0.155. The van der Waals surface area contributed by atoms with E-state index in [1.54, 1.807) is 4.68 Å². The molecule has 0 fully saturated rings. The molecule has 0 bridgehead atoms. The van der Waals surface area contributed by atoms with Crippen LogP contribution in [0.15, 0.2) is 60.9 Å². The Morgan fingerprint density at radius 2 is 1.85 bits per heavy atom. The van der Waals surface area contributed by atoms with E-state index in [0.29, 0.717) is 17.7 Å². The van der Waals surface area contributed by atoms with Gasteiger partial charge in [-0.3, -0.25) is 14.6 Å². The summed E-state index contributed by atoms with van der Waals surface area (Å²) in [4.78, 5) is 6.66. The molecular formula is C22H19FN4. The number of halogens is 1. The molecule has 2 aromatic heterocycles. The van der Waals surface area contributed by atoms with Crippen LogP contribution in [0.5, 0.6) is 0 Å². The second-order valence-electron chi connectivity index (χ2n) is 7.07. The molecule has 0 aliphatic carbocycles. The highest BCUT2D eigenvalue weighted by Crippen LogP contribution is 2.32. The van der Waals surface area contributed by atoms with Gasteiger partial charge in [0.25, 0.3) is 0 Å².